The van der Waals surface area contributed by atoms with E-state index in [9.17, 15) is 14.4 Å². The Balaban J connectivity index is 1.81. The molecule has 0 atom stereocenters. The van der Waals surface area contributed by atoms with Crippen molar-refractivity contribution in [3.8, 4) is 16.9 Å². The molecule has 1 heterocycles. The Morgan fingerprint density at radius 1 is 1.06 bits per heavy atom. The lowest BCUT2D eigenvalue weighted by molar-refractivity contribution is 0.0527. The summed E-state index contributed by atoms with van der Waals surface area (Å²) in [6, 6.07) is 11.6. The third-order valence-electron chi connectivity index (χ3n) is 4.66. The standard InChI is InChI=1S/C23H24N4O5/c1-4-32-22(29)16-12-25-20(21(24)28)19(16)14-6-8-15(9-7-14)26-23(30)27-17-11-13(2)5-10-18(17)31-3/h5-12,25H,4H2,1-3H3,(H2,24,28)(H2,26,27,30). The molecule has 0 saturated carbocycles. The first kappa shape index (κ1) is 22.4. The molecule has 9 nitrogen and oxygen atoms in total. The summed E-state index contributed by atoms with van der Waals surface area (Å²) in [5, 5.41) is 5.48. The molecule has 2 aromatic carbocycles. The van der Waals surface area contributed by atoms with Gasteiger partial charge < -0.3 is 30.8 Å². The minimum Gasteiger partial charge on any atom is -0.495 e. The zero-order chi connectivity index (χ0) is 23.3. The van der Waals surface area contributed by atoms with Gasteiger partial charge in [0, 0.05) is 17.4 Å². The van der Waals surface area contributed by atoms with Crippen LogP contribution < -0.4 is 21.1 Å². The van der Waals surface area contributed by atoms with Crippen LogP contribution in [0.1, 0.15) is 33.3 Å². The van der Waals surface area contributed by atoms with Crippen LogP contribution in [-0.2, 0) is 4.74 Å². The number of primary amides is 1. The Labute approximate surface area is 184 Å². The highest BCUT2D eigenvalue weighted by molar-refractivity contribution is 6.07. The zero-order valence-corrected chi connectivity index (χ0v) is 17.9. The maximum atomic E-state index is 12.4. The molecule has 0 radical (unpaired) electrons. The summed E-state index contributed by atoms with van der Waals surface area (Å²) < 4.78 is 10.3. The van der Waals surface area contributed by atoms with Gasteiger partial charge in [-0.3, -0.25) is 4.79 Å². The van der Waals surface area contributed by atoms with E-state index < -0.39 is 17.9 Å². The number of nitrogens with two attached hydrogens (primary N) is 1. The van der Waals surface area contributed by atoms with Gasteiger partial charge in [0.15, 0.2) is 0 Å². The molecule has 0 fully saturated rings. The number of aromatic nitrogens is 1. The van der Waals surface area contributed by atoms with Crippen molar-refractivity contribution in [1.29, 1.82) is 0 Å². The summed E-state index contributed by atoms with van der Waals surface area (Å²) in [5.74, 6) is -0.733. The van der Waals surface area contributed by atoms with E-state index in [4.69, 9.17) is 15.2 Å². The summed E-state index contributed by atoms with van der Waals surface area (Å²) in [5.41, 5.74) is 8.67. The van der Waals surface area contributed by atoms with Gasteiger partial charge in [0.1, 0.15) is 11.4 Å². The lowest BCUT2D eigenvalue weighted by Gasteiger charge is -2.12. The normalized spacial score (nSPS) is 10.3. The Morgan fingerprint density at radius 2 is 1.78 bits per heavy atom. The van der Waals surface area contributed by atoms with Gasteiger partial charge in [-0.2, -0.15) is 0 Å². The molecule has 0 aliphatic heterocycles. The summed E-state index contributed by atoms with van der Waals surface area (Å²) in [4.78, 5) is 39.2. The van der Waals surface area contributed by atoms with Crippen molar-refractivity contribution in [1.82, 2.24) is 4.98 Å². The number of aromatic amines is 1. The molecule has 0 aliphatic rings. The third kappa shape index (κ3) is 4.89. The van der Waals surface area contributed by atoms with Gasteiger partial charge >= 0.3 is 12.0 Å². The lowest BCUT2D eigenvalue weighted by Crippen LogP contribution is -2.19. The highest BCUT2D eigenvalue weighted by Crippen LogP contribution is 2.30. The Hall–Kier alpha value is -4.27. The third-order valence-corrected chi connectivity index (χ3v) is 4.66. The fourth-order valence-corrected chi connectivity index (χ4v) is 3.21. The van der Waals surface area contributed by atoms with Gasteiger partial charge in [0.25, 0.3) is 5.91 Å². The molecule has 3 rings (SSSR count). The molecule has 166 valence electrons. The molecule has 5 N–H and O–H groups in total. The fraction of sp³-hybridized carbons (Fsp3) is 0.174. The molecule has 0 spiro atoms. The van der Waals surface area contributed by atoms with Crippen molar-refractivity contribution < 1.29 is 23.9 Å². The highest BCUT2D eigenvalue weighted by atomic mass is 16.5. The molecular formula is C23H24N4O5. The first-order chi connectivity index (χ1) is 15.3. The number of urea groups is 1. The number of hydrogen-bond acceptors (Lipinski definition) is 5. The highest BCUT2D eigenvalue weighted by Gasteiger charge is 2.22. The topological polar surface area (TPSA) is 136 Å². The molecule has 3 aromatic rings. The number of amides is 3. The number of anilines is 2. The number of benzene rings is 2. The average molecular weight is 436 g/mol. The van der Waals surface area contributed by atoms with Crippen LogP contribution in [0.5, 0.6) is 5.75 Å². The summed E-state index contributed by atoms with van der Waals surface area (Å²) in [7, 11) is 1.53. The monoisotopic (exact) mass is 436 g/mol. The van der Waals surface area contributed by atoms with E-state index in [0.29, 0.717) is 28.3 Å². The first-order valence-corrected chi connectivity index (χ1v) is 9.85. The SMILES string of the molecule is CCOC(=O)c1c[nH]c(C(N)=O)c1-c1ccc(NC(=O)Nc2cc(C)ccc2OC)cc1. The van der Waals surface area contributed by atoms with Crippen LogP contribution in [0.25, 0.3) is 11.1 Å². The van der Waals surface area contributed by atoms with Crippen LogP contribution >= 0.6 is 0 Å². The second kappa shape index (κ2) is 9.69. The van der Waals surface area contributed by atoms with Gasteiger partial charge in [0.05, 0.1) is 25.0 Å². The zero-order valence-electron chi connectivity index (χ0n) is 17.9. The predicted octanol–water partition coefficient (Wildman–Crippen LogP) is 3.92. The summed E-state index contributed by atoms with van der Waals surface area (Å²) in [6.45, 7) is 3.79. The molecule has 32 heavy (non-hydrogen) atoms. The van der Waals surface area contributed by atoms with Crippen LogP contribution in [0.2, 0.25) is 0 Å². The minimum atomic E-state index is -0.704. The molecule has 3 amide bonds. The van der Waals surface area contributed by atoms with E-state index in [1.165, 1.54) is 13.3 Å². The van der Waals surface area contributed by atoms with Crippen molar-refractivity contribution in [3.05, 3.63) is 65.5 Å². The number of ether oxygens (including phenoxy) is 2. The largest absolute Gasteiger partial charge is 0.495 e. The molecule has 0 unspecified atom stereocenters. The molecule has 0 aliphatic carbocycles. The molecular weight excluding hydrogens is 412 g/mol. The van der Waals surface area contributed by atoms with Crippen molar-refractivity contribution in [2.45, 2.75) is 13.8 Å². The lowest BCUT2D eigenvalue weighted by atomic mass is 10.0. The maximum absolute atomic E-state index is 12.4. The van der Waals surface area contributed by atoms with Crippen molar-refractivity contribution in [2.24, 2.45) is 5.73 Å². The van der Waals surface area contributed by atoms with Crippen LogP contribution in [0.15, 0.2) is 48.7 Å². The van der Waals surface area contributed by atoms with Crippen LogP contribution in [0.4, 0.5) is 16.2 Å². The van der Waals surface area contributed by atoms with E-state index in [2.05, 4.69) is 15.6 Å². The number of esters is 1. The van der Waals surface area contributed by atoms with Crippen LogP contribution in [0.3, 0.4) is 0 Å². The molecule has 0 bridgehead atoms. The van der Waals surface area contributed by atoms with Crippen molar-refractivity contribution in [2.75, 3.05) is 24.4 Å². The van der Waals surface area contributed by atoms with Crippen LogP contribution in [0, 0.1) is 6.92 Å². The Kier molecular flexibility index (Phi) is 6.79. The Bertz CT molecular complexity index is 1150. The van der Waals surface area contributed by atoms with E-state index >= 15 is 0 Å². The second-order valence-electron chi connectivity index (χ2n) is 6.90. The quantitative estimate of drug-likeness (QED) is 0.416. The first-order valence-electron chi connectivity index (χ1n) is 9.85. The summed E-state index contributed by atoms with van der Waals surface area (Å²) in [6.07, 6.45) is 1.39. The maximum Gasteiger partial charge on any atom is 0.340 e. The fourth-order valence-electron chi connectivity index (χ4n) is 3.21. The number of carbonyl (C=O) groups is 3. The summed E-state index contributed by atoms with van der Waals surface area (Å²) >= 11 is 0. The van der Waals surface area contributed by atoms with Gasteiger partial charge in [0.2, 0.25) is 0 Å². The predicted molar refractivity (Wildman–Crippen MR) is 121 cm³/mol. The minimum absolute atomic E-state index is 0.0954. The average Bonchev–Trinajstić information content (AvgIpc) is 3.20. The van der Waals surface area contributed by atoms with Crippen molar-refractivity contribution >= 4 is 29.3 Å². The number of methoxy groups -OCH3 is 1. The van der Waals surface area contributed by atoms with E-state index in [1.807, 2.05) is 13.0 Å². The van der Waals surface area contributed by atoms with Gasteiger partial charge in [-0.1, -0.05) is 18.2 Å². The number of hydrogen-bond donors (Lipinski definition) is 4. The molecule has 1 aromatic heterocycles. The molecule has 9 heteroatoms. The van der Waals surface area contributed by atoms with Gasteiger partial charge in [-0.05, 0) is 49.2 Å². The number of carbonyl (C=O) groups excluding carboxylic acids is 3. The number of nitrogens with one attached hydrogen (secondary N) is 3. The number of rotatable bonds is 7. The molecule has 0 saturated heterocycles. The van der Waals surface area contributed by atoms with E-state index in [-0.39, 0.29) is 17.9 Å². The van der Waals surface area contributed by atoms with Crippen LogP contribution in [-0.4, -0.2) is 36.6 Å². The van der Waals surface area contributed by atoms with Gasteiger partial charge in [-0.25, -0.2) is 9.59 Å². The van der Waals surface area contributed by atoms with E-state index in [1.54, 1.807) is 43.3 Å². The number of aryl methyl sites for hydroxylation is 1. The second-order valence-corrected chi connectivity index (χ2v) is 6.90. The Morgan fingerprint density at radius 3 is 2.41 bits per heavy atom. The smallest absolute Gasteiger partial charge is 0.340 e. The number of H-pyrrole nitrogens is 1. The van der Waals surface area contributed by atoms with Crippen molar-refractivity contribution in [3.63, 3.8) is 0 Å². The van der Waals surface area contributed by atoms with Gasteiger partial charge in [-0.15, -0.1) is 0 Å². The van der Waals surface area contributed by atoms with E-state index in [0.717, 1.165) is 5.56 Å².